The third-order valence-electron chi connectivity index (χ3n) is 3.46. The van der Waals surface area contributed by atoms with Crippen LogP contribution in [0.4, 0.5) is 4.79 Å². The van der Waals surface area contributed by atoms with Gasteiger partial charge in [-0.1, -0.05) is 0 Å². The van der Waals surface area contributed by atoms with Gasteiger partial charge in [-0.05, 0) is 32.9 Å². The van der Waals surface area contributed by atoms with Crippen molar-refractivity contribution in [2.45, 2.75) is 32.5 Å². The summed E-state index contributed by atoms with van der Waals surface area (Å²) in [7, 11) is 0. The molecule has 1 aromatic heterocycles. The maximum atomic E-state index is 11.9. The summed E-state index contributed by atoms with van der Waals surface area (Å²) >= 11 is 0. The molecule has 0 saturated carbocycles. The predicted octanol–water partition coefficient (Wildman–Crippen LogP) is -0.451. The van der Waals surface area contributed by atoms with E-state index >= 15 is 0 Å². The van der Waals surface area contributed by atoms with Crippen LogP contribution in [0.3, 0.4) is 0 Å². The molecule has 8 heteroatoms. The number of hydrogen-bond donors (Lipinski definition) is 1. The molecule has 3 rings (SSSR count). The molecule has 0 spiro atoms. The van der Waals surface area contributed by atoms with Gasteiger partial charge < -0.3 is 15.8 Å². The summed E-state index contributed by atoms with van der Waals surface area (Å²) in [6.45, 7) is 6.35. The van der Waals surface area contributed by atoms with Gasteiger partial charge in [0.25, 0.3) is 0 Å². The number of nitriles is 1. The Bertz CT molecular complexity index is 791. The molecule has 0 radical (unpaired) electrons. The third-order valence-corrected chi connectivity index (χ3v) is 3.46. The van der Waals surface area contributed by atoms with Gasteiger partial charge >= 0.3 is 35.7 Å². The van der Waals surface area contributed by atoms with Gasteiger partial charge in [0.2, 0.25) is 0 Å². The Hall–Kier alpha value is -1.75. The molecule has 0 aliphatic carbocycles. The van der Waals surface area contributed by atoms with Crippen molar-refractivity contribution in [3.63, 3.8) is 0 Å². The van der Waals surface area contributed by atoms with Crippen molar-refractivity contribution in [3.8, 4) is 11.8 Å². The number of aromatic nitrogens is 2. The van der Waals surface area contributed by atoms with E-state index < -0.39 is 5.60 Å². The number of carbonyl (C=O) groups is 1. The zero-order chi connectivity index (χ0) is 16.6. The molecule has 7 nitrogen and oxygen atoms in total. The number of carbonyl (C=O) groups excluding carboxylic acids is 1. The molecule has 1 fully saturated rings. The first-order chi connectivity index (χ1) is 10.9. The second-order valence-corrected chi connectivity index (χ2v) is 6.50. The standard InChI is InChI=1S/C16H18N4O3.Na.H/c1-16(2,3)23-15(21)20-8-12(9-20)22-14-10(6-17)4-5-11-7-18-19-13(11)14;;/h4-5,7,12H,8-9H2,1-3H3,(H,18,19);;/q;+1;-1. The fraction of sp³-hybridized carbons (Fsp3) is 0.438. The van der Waals surface area contributed by atoms with Crippen LogP contribution in [0.1, 0.15) is 27.8 Å². The van der Waals surface area contributed by atoms with Crippen LogP contribution in [0.15, 0.2) is 18.3 Å². The van der Waals surface area contributed by atoms with Crippen LogP contribution in [0.25, 0.3) is 10.9 Å². The summed E-state index contributed by atoms with van der Waals surface area (Å²) in [6.07, 6.45) is 1.23. The van der Waals surface area contributed by atoms with E-state index in [1.54, 1.807) is 17.2 Å². The molecule has 24 heavy (non-hydrogen) atoms. The number of fused-ring (bicyclic) bond motifs is 1. The quantitative estimate of drug-likeness (QED) is 0.749. The maximum absolute atomic E-state index is 11.9. The van der Waals surface area contributed by atoms with Crippen LogP contribution in [0.2, 0.25) is 0 Å². The summed E-state index contributed by atoms with van der Waals surface area (Å²) in [4.78, 5) is 13.5. The van der Waals surface area contributed by atoms with Gasteiger partial charge in [0.1, 0.15) is 23.3 Å². The second kappa shape index (κ2) is 7.01. The average Bonchev–Trinajstić information content (AvgIpc) is 2.88. The summed E-state index contributed by atoms with van der Waals surface area (Å²) < 4.78 is 11.2. The van der Waals surface area contributed by atoms with Crippen molar-refractivity contribution < 1.29 is 45.3 Å². The number of likely N-dealkylation sites (tertiary alicyclic amines) is 1. The molecule has 1 aliphatic rings. The molecule has 1 saturated heterocycles. The Morgan fingerprint density at radius 1 is 1.46 bits per heavy atom. The van der Waals surface area contributed by atoms with Crippen molar-refractivity contribution in [3.05, 3.63) is 23.9 Å². The second-order valence-electron chi connectivity index (χ2n) is 6.50. The number of H-pyrrole nitrogens is 1. The first kappa shape index (κ1) is 18.6. The fourth-order valence-corrected chi connectivity index (χ4v) is 2.35. The molecule has 1 amide bonds. The number of nitrogens with zero attached hydrogens (tertiary/aromatic N) is 3. The summed E-state index contributed by atoms with van der Waals surface area (Å²) in [5.41, 5.74) is 0.539. The Morgan fingerprint density at radius 2 is 2.17 bits per heavy atom. The molecule has 1 aliphatic heterocycles. The monoisotopic (exact) mass is 338 g/mol. The van der Waals surface area contributed by atoms with Crippen molar-refractivity contribution in [1.82, 2.24) is 15.1 Å². The minimum absolute atomic E-state index is 0. The molecule has 0 atom stereocenters. The van der Waals surface area contributed by atoms with E-state index in [-0.39, 0.29) is 43.2 Å². The molecule has 2 aromatic rings. The number of rotatable bonds is 2. The molecule has 2 heterocycles. The van der Waals surface area contributed by atoms with Gasteiger partial charge in [0.15, 0.2) is 5.75 Å². The van der Waals surface area contributed by atoms with Gasteiger partial charge in [0, 0.05) is 11.6 Å². The van der Waals surface area contributed by atoms with Crippen molar-refractivity contribution in [1.29, 1.82) is 5.26 Å². The normalized spacial score (nSPS) is 14.5. The summed E-state index contributed by atoms with van der Waals surface area (Å²) in [6, 6.07) is 5.64. The Balaban J connectivity index is 0.00000156. The molecule has 1 N–H and O–H groups in total. The zero-order valence-electron chi connectivity index (χ0n) is 15.3. The van der Waals surface area contributed by atoms with Crippen molar-refractivity contribution in [2.75, 3.05) is 13.1 Å². The smallest absolute Gasteiger partial charge is 1.00 e. The molecule has 0 bridgehead atoms. The third kappa shape index (κ3) is 3.83. The van der Waals surface area contributed by atoms with E-state index in [1.165, 1.54) is 0 Å². The van der Waals surface area contributed by atoms with E-state index in [0.717, 1.165) is 5.39 Å². The van der Waals surface area contributed by atoms with Gasteiger partial charge in [0.05, 0.1) is 18.7 Å². The van der Waals surface area contributed by atoms with Crippen LogP contribution in [0, 0.1) is 11.3 Å². The largest absolute Gasteiger partial charge is 1.00 e. The minimum Gasteiger partial charge on any atom is -1.00 e. The van der Waals surface area contributed by atoms with Crippen LogP contribution in [-0.4, -0.2) is 46.0 Å². The van der Waals surface area contributed by atoms with E-state index in [0.29, 0.717) is 29.9 Å². The van der Waals surface area contributed by atoms with Gasteiger partial charge in [-0.15, -0.1) is 0 Å². The number of aromatic amines is 1. The minimum atomic E-state index is -0.516. The number of benzene rings is 1. The maximum Gasteiger partial charge on any atom is 1.00 e. The molecule has 0 unspecified atom stereocenters. The van der Waals surface area contributed by atoms with E-state index in [2.05, 4.69) is 16.3 Å². The first-order valence-corrected chi connectivity index (χ1v) is 7.38. The number of hydrogen-bond acceptors (Lipinski definition) is 5. The summed E-state index contributed by atoms with van der Waals surface area (Å²) in [5, 5.41) is 17.0. The van der Waals surface area contributed by atoms with Gasteiger partial charge in [-0.25, -0.2) is 4.79 Å². The van der Waals surface area contributed by atoms with Crippen molar-refractivity contribution in [2.24, 2.45) is 0 Å². The average molecular weight is 338 g/mol. The Labute approximate surface area is 163 Å². The van der Waals surface area contributed by atoms with Crippen LogP contribution in [-0.2, 0) is 4.74 Å². The predicted molar refractivity (Wildman–Crippen MR) is 84.1 cm³/mol. The number of amides is 1. The molecular formula is C16H19N4NaO3. The first-order valence-electron chi connectivity index (χ1n) is 7.38. The topological polar surface area (TPSA) is 91.2 Å². The number of ether oxygens (including phenoxy) is 2. The van der Waals surface area contributed by atoms with E-state index in [4.69, 9.17) is 9.47 Å². The Morgan fingerprint density at radius 3 is 2.79 bits per heavy atom. The van der Waals surface area contributed by atoms with Crippen LogP contribution >= 0.6 is 0 Å². The van der Waals surface area contributed by atoms with E-state index in [1.807, 2.05) is 26.8 Å². The number of nitrogens with one attached hydrogen (secondary N) is 1. The van der Waals surface area contributed by atoms with Crippen LogP contribution < -0.4 is 34.3 Å². The van der Waals surface area contributed by atoms with Crippen LogP contribution in [0.5, 0.6) is 5.75 Å². The summed E-state index contributed by atoms with van der Waals surface area (Å²) in [5.74, 6) is 0.458. The zero-order valence-corrected chi connectivity index (χ0v) is 16.3. The fourth-order valence-electron chi connectivity index (χ4n) is 2.35. The molecule has 122 valence electrons. The van der Waals surface area contributed by atoms with Crippen molar-refractivity contribution >= 4 is 17.0 Å². The Kier molecular flexibility index (Phi) is 5.43. The SMILES string of the molecule is CC(C)(C)OC(=O)N1CC(Oc2c(C#N)ccc3c[nH]nc23)C1.[H-].[Na+]. The van der Waals surface area contributed by atoms with Gasteiger partial charge in [-0.3, -0.25) is 5.10 Å². The molecule has 1 aromatic carbocycles. The van der Waals surface area contributed by atoms with E-state index in [9.17, 15) is 10.1 Å². The van der Waals surface area contributed by atoms with Gasteiger partial charge in [-0.2, -0.15) is 10.4 Å². The molecular weight excluding hydrogens is 319 g/mol.